The molecule has 0 radical (unpaired) electrons. The van der Waals surface area contributed by atoms with E-state index in [1.807, 2.05) is 0 Å². The maximum absolute atomic E-state index is 12.9. The maximum atomic E-state index is 12.9. The molecule has 0 spiro atoms. The second-order valence-corrected chi connectivity index (χ2v) is 21.3. The standard InChI is InChI=1S/C73H120O6/c1-4-7-10-13-16-19-22-25-28-30-32-34-35-36-37-39-40-42-45-48-51-54-57-60-63-66-72(75)78-69-70(68-77-71(74)65-62-59-56-53-50-47-44-27-24-21-18-15-12-9-6-3)79-73(76)67-64-61-58-55-52-49-46-43-41-38-33-31-29-26-23-20-17-14-11-8-5-2/h8-9,11-12,17-18,20-22,25-27,29-30,32-33,35-36,38,43-44,46,70H,4-7,10,13-16,19,23-24,28,31,34,37,39-42,45,47-69H2,1-3H3/b11-8-,12-9-,20-17-,21-18-,25-22-,29-26-,32-30-,36-35-,38-33-,44-27-,46-43-. The van der Waals surface area contributed by atoms with E-state index in [0.717, 1.165) is 161 Å². The van der Waals surface area contributed by atoms with E-state index in [-0.39, 0.29) is 31.1 Å². The summed E-state index contributed by atoms with van der Waals surface area (Å²) in [4.78, 5) is 38.4. The minimum Gasteiger partial charge on any atom is -0.462 e. The van der Waals surface area contributed by atoms with Crippen LogP contribution >= 0.6 is 0 Å². The maximum Gasteiger partial charge on any atom is 0.306 e. The van der Waals surface area contributed by atoms with Gasteiger partial charge in [0.15, 0.2) is 6.10 Å². The van der Waals surface area contributed by atoms with Crippen LogP contribution in [0.3, 0.4) is 0 Å². The van der Waals surface area contributed by atoms with Crippen LogP contribution in [0.5, 0.6) is 0 Å². The van der Waals surface area contributed by atoms with Gasteiger partial charge in [0.1, 0.15) is 13.2 Å². The van der Waals surface area contributed by atoms with Crippen LogP contribution in [0, 0.1) is 0 Å². The second-order valence-electron chi connectivity index (χ2n) is 21.3. The highest BCUT2D eigenvalue weighted by Crippen LogP contribution is 2.15. The highest BCUT2D eigenvalue weighted by Gasteiger charge is 2.19. The third kappa shape index (κ3) is 64.3. The number of carbonyl (C=O) groups is 3. The number of esters is 3. The largest absolute Gasteiger partial charge is 0.462 e. The first kappa shape index (κ1) is 74.5. The first-order valence-corrected chi connectivity index (χ1v) is 32.7. The zero-order chi connectivity index (χ0) is 57.1. The molecule has 0 N–H and O–H groups in total. The molecule has 6 nitrogen and oxygen atoms in total. The van der Waals surface area contributed by atoms with Crippen molar-refractivity contribution in [2.75, 3.05) is 13.2 Å². The van der Waals surface area contributed by atoms with Gasteiger partial charge in [0, 0.05) is 19.3 Å². The Bertz CT molecular complexity index is 1680. The molecule has 0 bridgehead atoms. The minimum atomic E-state index is -0.804. The minimum absolute atomic E-state index is 0.0975. The molecule has 0 fully saturated rings. The van der Waals surface area contributed by atoms with Crippen molar-refractivity contribution in [1.82, 2.24) is 0 Å². The van der Waals surface area contributed by atoms with Crippen molar-refractivity contribution in [1.29, 1.82) is 0 Å². The van der Waals surface area contributed by atoms with Gasteiger partial charge in [-0.25, -0.2) is 0 Å². The van der Waals surface area contributed by atoms with Gasteiger partial charge in [-0.05, 0) is 135 Å². The van der Waals surface area contributed by atoms with Gasteiger partial charge in [-0.15, -0.1) is 0 Å². The van der Waals surface area contributed by atoms with Crippen molar-refractivity contribution >= 4 is 17.9 Å². The van der Waals surface area contributed by atoms with E-state index in [0.29, 0.717) is 19.3 Å². The zero-order valence-electron chi connectivity index (χ0n) is 51.3. The lowest BCUT2D eigenvalue weighted by molar-refractivity contribution is -0.167. The van der Waals surface area contributed by atoms with Crippen LogP contribution in [0.2, 0.25) is 0 Å². The van der Waals surface area contributed by atoms with Crippen LogP contribution < -0.4 is 0 Å². The van der Waals surface area contributed by atoms with Crippen LogP contribution in [0.25, 0.3) is 0 Å². The summed E-state index contributed by atoms with van der Waals surface area (Å²) in [7, 11) is 0. The van der Waals surface area contributed by atoms with Gasteiger partial charge in [-0.3, -0.25) is 14.4 Å². The van der Waals surface area contributed by atoms with Crippen molar-refractivity contribution in [3.8, 4) is 0 Å². The van der Waals surface area contributed by atoms with Gasteiger partial charge in [0.25, 0.3) is 0 Å². The molecular formula is C73H120O6. The van der Waals surface area contributed by atoms with Gasteiger partial charge < -0.3 is 14.2 Å². The summed E-state index contributed by atoms with van der Waals surface area (Å²) in [6, 6.07) is 0. The molecule has 0 aliphatic carbocycles. The third-order valence-corrected chi connectivity index (χ3v) is 13.6. The molecule has 0 aromatic heterocycles. The molecule has 0 aromatic rings. The number of carbonyl (C=O) groups excluding carboxylic acids is 3. The summed E-state index contributed by atoms with van der Waals surface area (Å²) in [6.45, 7) is 6.38. The molecular weight excluding hydrogens is 973 g/mol. The number of hydrogen-bond donors (Lipinski definition) is 0. The SMILES string of the molecule is CC/C=C\C/C=C\C/C=C\C/C=C\C/C=C\CCCCCCCC(=O)OC(COC(=O)CCCCCCC/C=C\C/C=C\C/C=C\CC)COC(=O)CCCCCCCCCCCC/C=C\C/C=C\C/C=C\CCCCCCC. The highest BCUT2D eigenvalue weighted by molar-refractivity contribution is 5.71. The number of ether oxygens (including phenoxy) is 3. The van der Waals surface area contributed by atoms with Crippen LogP contribution in [-0.2, 0) is 28.6 Å². The van der Waals surface area contributed by atoms with E-state index in [2.05, 4.69) is 154 Å². The summed E-state index contributed by atoms with van der Waals surface area (Å²) in [5.74, 6) is -0.935. The lowest BCUT2D eigenvalue weighted by Crippen LogP contribution is -2.30. The normalized spacial score (nSPS) is 13.0. The fourth-order valence-corrected chi connectivity index (χ4v) is 8.79. The predicted octanol–water partition coefficient (Wildman–Crippen LogP) is 22.5. The molecule has 1 atom stereocenters. The van der Waals surface area contributed by atoms with Crippen molar-refractivity contribution in [2.45, 2.75) is 297 Å². The number of allylic oxidation sites excluding steroid dienone is 22. The molecule has 0 aliphatic rings. The van der Waals surface area contributed by atoms with Gasteiger partial charge in [-0.2, -0.15) is 0 Å². The second kappa shape index (κ2) is 66.1. The fourth-order valence-electron chi connectivity index (χ4n) is 8.79. The van der Waals surface area contributed by atoms with E-state index in [9.17, 15) is 14.4 Å². The summed E-state index contributed by atoms with van der Waals surface area (Å²) >= 11 is 0. The van der Waals surface area contributed by atoms with Crippen LogP contribution in [0.15, 0.2) is 134 Å². The van der Waals surface area contributed by atoms with Crippen molar-refractivity contribution in [2.24, 2.45) is 0 Å². The summed E-state index contributed by atoms with van der Waals surface area (Å²) < 4.78 is 16.9. The van der Waals surface area contributed by atoms with E-state index in [1.54, 1.807) is 0 Å². The summed E-state index contributed by atoms with van der Waals surface area (Å²) in [5.41, 5.74) is 0. The molecule has 0 amide bonds. The van der Waals surface area contributed by atoms with E-state index in [4.69, 9.17) is 14.2 Å². The Morgan fingerprint density at radius 3 is 0.772 bits per heavy atom. The average molecular weight is 1090 g/mol. The Balaban J connectivity index is 4.42. The van der Waals surface area contributed by atoms with E-state index in [1.165, 1.54) is 89.9 Å². The Kier molecular flexibility index (Phi) is 62.3. The quantitative estimate of drug-likeness (QED) is 0.0261. The molecule has 79 heavy (non-hydrogen) atoms. The lowest BCUT2D eigenvalue weighted by Gasteiger charge is -2.18. The Labute approximate surface area is 487 Å². The number of rotatable bonds is 58. The fraction of sp³-hybridized carbons (Fsp3) is 0.658. The summed E-state index contributed by atoms with van der Waals surface area (Å²) in [6.07, 6.45) is 93.1. The average Bonchev–Trinajstić information content (AvgIpc) is 3.45. The van der Waals surface area contributed by atoms with Gasteiger partial charge >= 0.3 is 17.9 Å². The van der Waals surface area contributed by atoms with Gasteiger partial charge in [0.05, 0.1) is 0 Å². The van der Waals surface area contributed by atoms with Crippen molar-refractivity contribution in [3.63, 3.8) is 0 Å². The predicted molar refractivity (Wildman–Crippen MR) is 343 cm³/mol. The molecule has 0 saturated carbocycles. The molecule has 6 heteroatoms. The van der Waals surface area contributed by atoms with Gasteiger partial charge in [0.2, 0.25) is 0 Å². The zero-order valence-corrected chi connectivity index (χ0v) is 51.3. The number of unbranched alkanes of at least 4 members (excludes halogenated alkanes) is 25. The molecule has 1 unspecified atom stereocenters. The highest BCUT2D eigenvalue weighted by atomic mass is 16.6. The topological polar surface area (TPSA) is 78.9 Å². The molecule has 448 valence electrons. The first-order valence-electron chi connectivity index (χ1n) is 32.7. The lowest BCUT2D eigenvalue weighted by atomic mass is 10.1. The third-order valence-electron chi connectivity index (χ3n) is 13.6. The van der Waals surface area contributed by atoms with Crippen LogP contribution in [0.4, 0.5) is 0 Å². The first-order chi connectivity index (χ1) is 39.0. The van der Waals surface area contributed by atoms with Crippen molar-refractivity contribution < 1.29 is 28.6 Å². The molecule has 0 saturated heterocycles. The molecule has 0 aliphatic heterocycles. The monoisotopic (exact) mass is 1090 g/mol. The Morgan fingerprint density at radius 1 is 0.266 bits per heavy atom. The smallest absolute Gasteiger partial charge is 0.306 e. The van der Waals surface area contributed by atoms with Gasteiger partial charge in [-0.1, -0.05) is 270 Å². The Morgan fingerprint density at radius 2 is 0.494 bits per heavy atom. The number of hydrogen-bond acceptors (Lipinski definition) is 6. The van der Waals surface area contributed by atoms with Crippen molar-refractivity contribution in [3.05, 3.63) is 134 Å². The molecule has 0 heterocycles. The van der Waals surface area contributed by atoms with E-state index < -0.39 is 6.10 Å². The Hall–Kier alpha value is -4.45. The molecule has 0 rings (SSSR count). The summed E-state index contributed by atoms with van der Waals surface area (Å²) in [5, 5.41) is 0. The molecule has 0 aromatic carbocycles. The van der Waals surface area contributed by atoms with E-state index >= 15 is 0 Å². The van der Waals surface area contributed by atoms with Crippen LogP contribution in [0.1, 0.15) is 290 Å². The van der Waals surface area contributed by atoms with Crippen LogP contribution in [-0.4, -0.2) is 37.2 Å².